The number of ketones is 1. The number of aromatic nitrogens is 1. The molecule has 0 bridgehead atoms. The molecule has 0 amide bonds. The van der Waals surface area contributed by atoms with E-state index in [-0.39, 0.29) is 11.5 Å². The van der Waals surface area contributed by atoms with Gasteiger partial charge in [0.2, 0.25) is 5.78 Å². The van der Waals surface area contributed by atoms with E-state index in [0.717, 1.165) is 0 Å². The van der Waals surface area contributed by atoms with Crippen molar-refractivity contribution in [2.24, 2.45) is 5.73 Å². The molecule has 0 aromatic carbocycles. The fourth-order valence-corrected chi connectivity index (χ4v) is 1.41. The Morgan fingerprint density at radius 3 is 3.00 bits per heavy atom. The molecule has 5 heteroatoms. The Kier molecular flexibility index (Phi) is 2.87. The van der Waals surface area contributed by atoms with Crippen LogP contribution < -0.4 is 5.73 Å². The Morgan fingerprint density at radius 2 is 2.44 bits per heavy atom. The van der Waals surface area contributed by atoms with Crippen molar-refractivity contribution in [1.82, 2.24) is 5.16 Å². The van der Waals surface area contributed by atoms with E-state index in [2.05, 4.69) is 5.16 Å². The largest absolute Gasteiger partial charge is 0.469 e. The van der Waals surface area contributed by atoms with E-state index in [9.17, 15) is 4.79 Å². The van der Waals surface area contributed by atoms with Gasteiger partial charge in [0.1, 0.15) is 11.5 Å². The minimum absolute atomic E-state index is 0.242. The summed E-state index contributed by atoms with van der Waals surface area (Å²) < 4.78 is 9.94. The van der Waals surface area contributed by atoms with Gasteiger partial charge in [0.05, 0.1) is 12.3 Å². The summed E-state index contributed by atoms with van der Waals surface area (Å²) in [6.45, 7) is 1.72. The van der Waals surface area contributed by atoms with Gasteiger partial charge in [-0.1, -0.05) is 5.16 Å². The van der Waals surface area contributed by atoms with E-state index in [4.69, 9.17) is 14.7 Å². The average Bonchev–Trinajstić information content (AvgIpc) is 2.88. The lowest BCUT2D eigenvalue weighted by atomic mass is 10.1. The van der Waals surface area contributed by atoms with Gasteiger partial charge in [0, 0.05) is 12.5 Å². The average molecular weight is 220 g/mol. The van der Waals surface area contributed by atoms with Crippen LogP contribution in [0.1, 0.15) is 22.0 Å². The van der Waals surface area contributed by atoms with Gasteiger partial charge in [-0.25, -0.2) is 0 Å². The molecule has 2 rings (SSSR count). The van der Waals surface area contributed by atoms with Gasteiger partial charge < -0.3 is 14.7 Å². The topological polar surface area (TPSA) is 82.3 Å². The van der Waals surface area contributed by atoms with E-state index in [1.807, 2.05) is 0 Å². The molecule has 0 spiro atoms. The molecule has 2 N–H and O–H groups in total. The molecule has 0 aliphatic rings. The lowest BCUT2D eigenvalue weighted by molar-refractivity contribution is 0.0949. The van der Waals surface area contributed by atoms with Crippen molar-refractivity contribution < 1.29 is 13.7 Å². The lowest BCUT2D eigenvalue weighted by Crippen LogP contribution is -2.32. The number of furan rings is 1. The van der Waals surface area contributed by atoms with Gasteiger partial charge in [-0.3, -0.25) is 4.79 Å². The van der Waals surface area contributed by atoms with Crippen molar-refractivity contribution in [3.63, 3.8) is 0 Å². The number of nitrogens with zero attached hydrogens (tertiary/aromatic N) is 1. The molecule has 2 aromatic rings. The first-order valence-corrected chi connectivity index (χ1v) is 4.92. The zero-order valence-electron chi connectivity index (χ0n) is 8.84. The quantitative estimate of drug-likeness (QED) is 0.786. The molecular formula is C11H12N2O3. The first-order valence-electron chi connectivity index (χ1n) is 4.92. The second-order valence-electron chi connectivity index (χ2n) is 3.58. The summed E-state index contributed by atoms with van der Waals surface area (Å²) in [5.41, 5.74) is 6.02. The maximum absolute atomic E-state index is 11.8. The van der Waals surface area contributed by atoms with Crippen molar-refractivity contribution in [3.8, 4) is 0 Å². The Hall–Kier alpha value is -1.88. The smallest absolute Gasteiger partial charge is 0.201 e. The molecular weight excluding hydrogens is 208 g/mol. The molecule has 2 aromatic heterocycles. The summed E-state index contributed by atoms with van der Waals surface area (Å²) in [6.07, 6.45) is 1.91. The van der Waals surface area contributed by atoms with Crippen LogP contribution in [0.2, 0.25) is 0 Å². The number of rotatable bonds is 4. The summed E-state index contributed by atoms with van der Waals surface area (Å²) in [6, 6.07) is 4.45. The zero-order chi connectivity index (χ0) is 11.5. The van der Waals surface area contributed by atoms with Crippen LogP contribution in [-0.2, 0) is 6.42 Å². The second-order valence-corrected chi connectivity index (χ2v) is 3.58. The first kappa shape index (κ1) is 10.6. The highest BCUT2D eigenvalue weighted by Crippen LogP contribution is 2.08. The highest BCUT2D eigenvalue weighted by atomic mass is 16.5. The molecule has 0 saturated heterocycles. The lowest BCUT2D eigenvalue weighted by Gasteiger charge is -2.05. The number of Topliss-reactive ketones (excluding diaryl/α,β-unsaturated/α-hetero) is 1. The number of carbonyl (C=O) groups is 1. The van der Waals surface area contributed by atoms with Crippen molar-refractivity contribution in [2.75, 3.05) is 0 Å². The molecule has 5 nitrogen and oxygen atoms in total. The van der Waals surface area contributed by atoms with Crippen LogP contribution >= 0.6 is 0 Å². The first-order chi connectivity index (χ1) is 7.66. The minimum atomic E-state index is -0.657. The van der Waals surface area contributed by atoms with Crippen molar-refractivity contribution in [3.05, 3.63) is 41.7 Å². The van der Waals surface area contributed by atoms with E-state index in [1.54, 1.807) is 31.4 Å². The zero-order valence-corrected chi connectivity index (χ0v) is 8.84. The molecule has 0 fully saturated rings. The summed E-state index contributed by atoms with van der Waals surface area (Å²) in [5.74, 6) is 1.03. The summed E-state index contributed by atoms with van der Waals surface area (Å²) in [7, 11) is 0. The number of nitrogens with two attached hydrogens (primary N) is 1. The van der Waals surface area contributed by atoms with Gasteiger partial charge >= 0.3 is 0 Å². The normalized spacial score (nSPS) is 12.6. The Bertz CT molecular complexity index is 473. The summed E-state index contributed by atoms with van der Waals surface area (Å²) in [4.78, 5) is 11.8. The number of aryl methyl sites for hydroxylation is 1. The molecule has 1 unspecified atom stereocenters. The molecule has 16 heavy (non-hydrogen) atoms. The third-order valence-corrected chi connectivity index (χ3v) is 2.22. The maximum Gasteiger partial charge on any atom is 0.201 e. The standard InChI is InChI=1S/C11H12N2O3/c1-7-5-10(13-16-7)11(14)9(12)6-8-3-2-4-15-8/h2-5,9H,6,12H2,1H3. The Balaban J connectivity index is 2.05. The maximum atomic E-state index is 11.8. The monoisotopic (exact) mass is 220 g/mol. The van der Waals surface area contributed by atoms with E-state index in [1.165, 1.54) is 0 Å². The van der Waals surface area contributed by atoms with Crippen molar-refractivity contribution >= 4 is 5.78 Å². The summed E-state index contributed by atoms with van der Waals surface area (Å²) >= 11 is 0. The molecule has 1 atom stereocenters. The third kappa shape index (κ3) is 2.20. The molecule has 84 valence electrons. The SMILES string of the molecule is Cc1cc(C(=O)C(N)Cc2ccco2)no1. The van der Waals surface area contributed by atoms with E-state index >= 15 is 0 Å². The van der Waals surface area contributed by atoms with Gasteiger partial charge in [-0.2, -0.15) is 0 Å². The predicted octanol–water partition coefficient (Wildman–Crippen LogP) is 1.33. The Labute approximate surface area is 92.2 Å². The number of carbonyl (C=O) groups excluding carboxylic acids is 1. The van der Waals surface area contributed by atoms with Crippen LogP contribution in [0.4, 0.5) is 0 Å². The van der Waals surface area contributed by atoms with Gasteiger partial charge in [0.15, 0.2) is 5.69 Å². The fraction of sp³-hybridized carbons (Fsp3) is 0.273. The van der Waals surface area contributed by atoms with Crippen LogP contribution in [0.25, 0.3) is 0 Å². The van der Waals surface area contributed by atoms with E-state index < -0.39 is 6.04 Å². The number of hydrogen-bond acceptors (Lipinski definition) is 5. The molecule has 2 heterocycles. The highest BCUT2D eigenvalue weighted by molar-refractivity contribution is 5.98. The fourth-order valence-electron chi connectivity index (χ4n) is 1.41. The summed E-state index contributed by atoms with van der Waals surface area (Å²) in [5, 5.41) is 3.63. The molecule has 0 aliphatic heterocycles. The van der Waals surface area contributed by atoms with Crippen LogP contribution in [0.15, 0.2) is 33.4 Å². The van der Waals surface area contributed by atoms with Crippen LogP contribution in [-0.4, -0.2) is 17.0 Å². The Morgan fingerprint density at radius 1 is 1.62 bits per heavy atom. The molecule has 0 aliphatic carbocycles. The number of hydrogen-bond donors (Lipinski definition) is 1. The van der Waals surface area contributed by atoms with Crippen LogP contribution in [0, 0.1) is 6.92 Å². The van der Waals surface area contributed by atoms with Crippen molar-refractivity contribution in [1.29, 1.82) is 0 Å². The second kappa shape index (κ2) is 4.32. The predicted molar refractivity (Wildman–Crippen MR) is 56.0 cm³/mol. The van der Waals surface area contributed by atoms with Crippen molar-refractivity contribution in [2.45, 2.75) is 19.4 Å². The highest BCUT2D eigenvalue weighted by Gasteiger charge is 2.20. The van der Waals surface area contributed by atoms with E-state index in [0.29, 0.717) is 17.9 Å². The minimum Gasteiger partial charge on any atom is -0.469 e. The van der Waals surface area contributed by atoms with Crippen LogP contribution in [0.5, 0.6) is 0 Å². The third-order valence-electron chi connectivity index (χ3n) is 2.22. The molecule has 0 saturated carbocycles. The van der Waals surface area contributed by atoms with Gasteiger partial charge in [0.25, 0.3) is 0 Å². The van der Waals surface area contributed by atoms with Gasteiger partial charge in [-0.15, -0.1) is 0 Å². The molecule has 0 radical (unpaired) electrons. The van der Waals surface area contributed by atoms with Crippen LogP contribution in [0.3, 0.4) is 0 Å². The van der Waals surface area contributed by atoms with Gasteiger partial charge in [-0.05, 0) is 19.1 Å².